The van der Waals surface area contributed by atoms with Crippen LogP contribution in [0.25, 0.3) is 0 Å². The van der Waals surface area contributed by atoms with E-state index in [1.54, 1.807) is 13.2 Å². The van der Waals surface area contributed by atoms with Crippen LogP contribution in [0.4, 0.5) is 0 Å². The van der Waals surface area contributed by atoms with Crippen molar-refractivity contribution >= 4 is 45.2 Å². The molecular weight excluding hydrogens is 422 g/mol. The number of amides is 1. The zero-order chi connectivity index (χ0) is 17.8. The first-order valence-electron chi connectivity index (χ1n) is 8.09. The number of rotatable bonds is 3. The van der Waals surface area contributed by atoms with Crippen molar-refractivity contribution < 1.29 is 9.53 Å². The molecule has 0 N–H and O–H groups in total. The Kier molecular flexibility index (Phi) is 6.31. The highest BCUT2D eigenvalue weighted by Gasteiger charge is 2.25. The van der Waals surface area contributed by atoms with Gasteiger partial charge in [0, 0.05) is 33.6 Å². The Morgan fingerprint density at radius 3 is 2.84 bits per heavy atom. The zero-order valence-electron chi connectivity index (χ0n) is 13.9. The van der Waals surface area contributed by atoms with Crippen molar-refractivity contribution in [3.8, 4) is 5.75 Å². The Hall–Kier alpha value is -1.17. The summed E-state index contributed by atoms with van der Waals surface area (Å²) in [5.74, 6) is 1.61. The maximum absolute atomic E-state index is 13.0. The van der Waals surface area contributed by atoms with Crippen molar-refractivity contribution in [1.82, 2.24) is 4.90 Å². The average Bonchev–Trinajstić information content (AvgIpc) is 2.88. The average molecular weight is 441 g/mol. The molecule has 25 heavy (non-hydrogen) atoms. The first-order valence-corrected chi connectivity index (χ1v) is 10.3. The molecular formula is C19H19BrClNO2S. The first-order chi connectivity index (χ1) is 12.1. The van der Waals surface area contributed by atoms with Gasteiger partial charge in [0.05, 0.1) is 12.7 Å². The predicted octanol–water partition coefficient (Wildman–Crippen LogP) is 5.43. The second-order valence-corrected chi connectivity index (χ2v) is 8.38. The van der Waals surface area contributed by atoms with Crippen LogP contribution in [0, 0.1) is 0 Å². The molecule has 3 rings (SSSR count). The van der Waals surface area contributed by atoms with E-state index in [2.05, 4.69) is 22.0 Å². The van der Waals surface area contributed by atoms with E-state index in [0.717, 1.165) is 33.8 Å². The fraction of sp³-hybridized carbons (Fsp3) is 0.316. The topological polar surface area (TPSA) is 29.5 Å². The fourth-order valence-corrected chi connectivity index (χ4v) is 4.94. The van der Waals surface area contributed by atoms with Crippen molar-refractivity contribution in [3.05, 3.63) is 63.1 Å². The SMILES string of the molecule is COc1ccc(Br)c(C(=O)N2CCS[C@H](c3ccccc3Cl)CC2)c1. The van der Waals surface area contributed by atoms with Gasteiger partial charge in [0.2, 0.25) is 0 Å². The molecule has 1 heterocycles. The van der Waals surface area contributed by atoms with Crippen LogP contribution in [0.1, 0.15) is 27.6 Å². The van der Waals surface area contributed by atoms with Crippen molar-refractivity contribution in [3.63, 3.8) is 0 Å². The van der Waals surface area contributed by atoms with Gasteiger partial charge < -0.3 is 9.64 Å². The molecule has 2 aromatic rings. The van der Waals surface area contributed by atoms with Crippen LogP contribution in [0.5, 0.6) is 5.75 Å². The lowest BCUT2D eigenvalue weighted by Gasteiger charge is -2.21. The van der Waals surface area contributed by atoms with Crippen LogP contribution in [0.3, 0.4) is 0 Å². The molecule has 3 nitrogen and oxygen atoms in total. The first kappa shape index (κ1) is 18.6. The lowest BCUT2D eigenvalue weighted by molar-refractivity contribution is 0.0765. The summed E-state index contributed by atoms with van der Waals surface area (Å²) in [7, 11) is 1.61. The Bertz CT molecular complexity index is 771. The molecule has 1 aliphatic heterocycles. The number of thioether (sulfide) groups is 1. The highest BCUT2D eigenvalue weighted by Crippen LogP contribution is 2.38. The van der Waals surface area contributed by atoms with Crippen LogP contribution in [-0.2, 0) is 0 Å². The fourth-order valence-electron chi connectivity index (χ4n) is 2.92. The molecule has 0 radical (unpaired) electrons. The normalized spacial score (nSPS) is 17.9. The third-order valence-corrected chi connectivity index (χ3v) is 6.63. The lowest BCUT2D eigenvalue weighted by Crippen LogP contribution is -2.33. The molecule has 0 bridgehead atoms. The van der Waals surface area contributed by atoms with E-state index in [9.17, 15) is 4.79 Å². The highest BCUT2D eigenvalue weighted by molar-refractivity contribution is 9.10. The number of carbonyl (C=O) groups excluding carboxylic acids is 1. The molecule has 0 aliphatic carbocycles. The third-order valence-electron chi connectivity index (χ3n) is 4.28. The largest absolute Gasteiger partial charge is 0.497 e. The molecule has 0 saturated carbocycles. The summed E-state index contributed by atoms with van der Waals surface area (Å²) in [5, 5.41) is 1.12. The molecule has 1 amide bonds. The second kappa shape index (κ2) is 8.47. The predicted molar refractivity (Wildman–Crippen MR) is 108 cm³/mol. The summed E-state index contributed by atoms with van der Waals surface area (Å²) in [4.78, 5) is 14.9. The highest BCUT2D eigenvalue weighted by atomic mass is 79.9. The summed E-state index contributed by atoms with van der Waals surface area (Å²) in [5.41, 5.74) is 1.80. The number of carbonyl (C=O) groups is 1. The third kappa shape index (κ3) is 4.33. The summed E-state index contributed by atoms with van der Waals surface area (Å²) >= 11 is 11.7. The molecule has 6 heteroatoms. The van der Waals surface area contributed by atoms with Crippen LogP contribution in [-0.4, -0.2) is 36.8 Å². The minimum Gasteiger partial charge on any atom is -0.497 e. The number of ether oxygens (including phenoxy) is 1. The zero-order valence-corrected chi connectivity index (χ0v) is 17.0. The molecule has 0 aromatic heterocycles. The maximum atomic E-state index is 13.0. The molecule has 1 fully saturated rings. The van der Waals surface area contributed by atoms with Gasteiger partial charge in [0.15, 0.2) is 0 Å². The Morgan fingerprint density at radius 1 is 1.28 bits per heavy atom. The van der Waals surface area contributed by atoms with E-state index in [4.69, 9.17) is 16.3 Å². The van der Waals surface area contributed by atoms with Crippen LogP contribution < -0.4 is 4.74 Å². The number of nitrogens with zero attached hydrogens (tertiary/aromatic N) is 1. The number of benzene rings is 2. The van der Waals surface area contributed by atoms with Crippen LogP contribution in [0.2, 0.25) is 5.02 Å². The summed E-state index contributed by atoms with van der Waals surface area (Å²) < 4.78 is 6.04. The van der Waals surface area contributed by atoms with Gasteiger partial charge in [-0.1, -0.05) is 29.8 Å². The van der Waals surface area contributed by atoms with Crippen molar-refractivity contribution in [2.24, 2.45) is 0 Å². The van der Waals surface area contributed by atoms with Crippen molar-refractivity contribution in [2.45, 2.75) is 11.7 Å². The minimum absolute atomic E-state index is 0.0335. The van der Waals surface area contributed by atoms with E-state index in [1.807, 2.05) is 47.0 Å². The van der Waals surface area contributed by atoms with Gasteiger partial charge in [-0.05, 0) is 52.2 Å². The van der Waals surface area contributed by atoms with Gasteiger partial charge >= 0.3 is 0 Å². The lowest BCUT2D eigenvalue weighted by atomic mass is 10.1. The summed E-state index contributed by atoms with van der Waals surface area (Å²) in [6, 6.07) is 13.5. The number of hydrogen-bond acceptors (Lipinski definition) is 3. The van der Waals surface area contributed by atoms with E-state index < -0.39 is 0 Å². The van der Waals surface area contributed by atoms with E-state index in [0.29, 0.717) is 23.1 Å². The summed E-state index contributed by atoms with van der Waals surface area (Å²) in [6.07, 6.45) is 0.891. The molecule has 2 aromatic carbocycles. The van der Waals surface area contributed by atoms with E-state index >= 15 is 0 Å². The van der Waals surface area contributed by atoms with E-state index in [-0.39, 0.29) is 5.91 Å². The monoisotopic (exact) mass is 439 g/mol. The standard InChI is InChI=1S/C19H19BrClNO2S/c1-24-13-6-7-16(20)15(12-13)19(23)22-9-8-18(25-11-10-22)14-4-2-3-5-17(14)21/h2-7,12,18H,8-11H2,1H3/t18-/m0/s1. The molecule has 1 atom stereocenters. The van der Waals surface area contributed by atoms with Gasteiger partial charge in [-0.25, -0.2) is 0 Å². The summed E-state index contributed by atoms with van der Waals surface area (Å²) in [6.45, 7) is 1.44. The minimum atomic E-state index is 0.0335. The van der Waals surface area contributed by atoms with Crippen LogP contribution in [0.15, 0.2) is 46.9 Å². The van der Waals surface area contributed by atoms with Crippen molar-refractivity contribution in [1.29, 1.82) is 0 Å². The number of methoxy groups -OCH3 is 1. The van der Waals surface area contributed by atoms with Crippen molar-refractivity contribution in [2.75, 3.05) is 26.0 Å². The Morgan fingerprint density at radius 2 is 2.08 bits per heavy atom. The molecule has 0 spiro atoms. The molecule has 1 aliphatic rings. The van der Waals surface area contributed by atoms with Gasteiger partial charge in [0.1, 0.15) is 5.75 Å². The van der Waals surface area contributed by atoms with Gasteiger partial charge in [-0.2, -0.15) is 11.8 Å². The smallest absolute Gasteiger partial charge is 0.255 e. The maximum Gasteiger partial charge on any atom is 0.255 e. The number of hydrogen-bond donors (Lipinski definition) is 0. The molecule has 0 unspecified atom stereocenters. The molecule has 1 saturated heterocycles. The molecule has 132 valence electrons. The van der Waals surface area contributed by atoms with Gasteiger partial charge in [0.25, 0.3) is 5.91 Å². The van der Waals surface area contributed by atoms with Gasteiger partial charge in [-0.15, -0.1) is 0 Å². The van der Waals surface area contributed by atoms with Gasteiger partial charge in [-0.3, -0.25) is 4.79 Å². The van der Waals surface area contributed by atoms with Crippen LogP contribution >= 0.6 is 39.3 Å². The van der Waals surface area contributed by atoms with E-state index in [1.165, 1.54) is 0 Å². The Balaban J connectivity index is 1.75. The number of halogens is 2. The second-order valence-electron chi connectivity index (χ2n) is 5.81. The Labute approximate surface area is 165 Å². The quantitative estimate of drug-likeness (QED) is 0.637.